The molecule has 0 bridgehead atoms. The number of ether oxygens (including phenoxy) is 1. The topological polar surface area (TPSA) is 59.4 Å². The minimum Gasteiger partial charge on any atom is -0.469 e. The molecule has 4 rings (SSSR count). The third kappa shape index (κ3) is 4.65. The Labute approximate surface area is 214 Å². The zero-order valence-electron chi connectivity index (χ0n) is 19.2. The predicted octanol–water partition coefficient (Wildman–Crippen LogP) is 5.72. The summed E-state index contributed by atoms with van der Waals surface area (Å²) in [7, 11) is 1.40. The number of halogens is 2. The van der Waals surface area contributed by atoms with E-state index in [9.17, 15) is 4.79 Å². The van der Waals surface area contributed by atoms with Crippen molar-refractivity contribution < 1.29 is 9.53 Å². The molecule has 178 valence electrons. The van der Waals surface area contributed by atoms with Crippen LogP contribution in [-0.4, -0.2) is 39.2 Å². The van der Waals surface area contributed by atoms with Crippen LogP contribution in [-0.2, 0) is 9.53 Å². The maximum Gasteiger partial charge on any atom is 0.305 e. The van der Waals surface area contributed by atoms with E-state index in [0.29, 0.717) is 34.5 Å². The molecule has 0 spiro atoms. The Kier molecular flexibility index (Phi) is 7.45. The summed E-state index contributed by atoms with van der Waals surface area (Å²) in [6, 6.07) is 13.4. The van der Waals surface area contributed by atoms with E-state index in [1.807, 2.05) is 37.3 Å². The first-order valence-electron chi connectivity index (χ1n) is 11.0. The molecule has 1 N–H and O–H groups in total. The summed E-state index contributed by atoms with van der Waals surface area (Å²) < 4.78 is 6.93. The van der Waals surface area contributed by atoms with Gasteiger partial charge in [-0.15, -0.1) is 0 Å². The molecule has 1 aliphatic rings. The highest BCUT2D eigenvalue weighted by Gasteiger charge is 2.41. The monoisotopic (exact) mass is 516 g/mol. The average molecular weight is 517 g/mol. The van der Waals surface area contributed by atoms with Crippen LogP contribution >= 0.6 is 35.4 Å². The average Bonchev–Trinajstić information content (AvgIpc) is 3.31. The van der Waals surface area contributed by atoms with Gasteiger partial charge in [0.15, 0.2) is 5.11 Å². The number of methoxy groups -OCH3 is 1. The number of hydrogen-bond acceptors (Lipinski definition) is 4. The van der Waals surface area contributed by atoms with Crippen molar-refractivity contribution in [2.24, 2.45) is 0 Å². The number of esters is 1. The van der Waals surface area contributed by atoms with Crippen LogP contribution in [0.4, 0.5) is 0 Å². The molecule has 3 heterocycles. The van der Waals surface area contributed by atoms with Gasteiger partial charge in [0.25, 0.3) is 0 Å². The Morgan fingerprint density at radius 2 is 2.00 bits per heavy atom. The number of pyridine rings is 1. The summed E-state index contributed by atoms with van der Waals surface area (Å²) >= 11 is 18.6. The molecule has 0 radical (unpaired) electrons. The van der Waals surface area contributed by atoms with Gasteiger partial charge in [-0.05, 0) is 68.4 Å². The van der Waals surface area contributed by atoms with Crippen LogP contribution < -0.4 is 5.32 Å². The van der Waals surface area contributed by atoms with E-state index in [4.69, 9.17) is 40.2 Å². The van der Waals surface area contributed by atoms with Crippen molar-refractivity contribution in [3.8, 4) is 5.69 Å². The van der Waals surface area contributed by atoms with Gasteiger partial charge in [-0.1, -0.05) is 35.3 Å². The SMILES string of the molecule is COC(=O)CCCN1C(=S)N[C@H](c2ccccn2)[C@@H]1c1cc(C)n(-c2cccc(Cl)c2Cl)c1C. The van der Waals surface area contributed by atoms with Crippen molar-refractivity contribution in [1.82, 2.24) is 19.8 Å². The van der Waals surface area contributed by atoms with Crippen LogP contribution in [0.2, 0.25) is 10.0 Å². The lowest BCUT2D eigenvalue weighted by atomic mass is 9.96. The van der Waals surface area contributed by atoms with Crippen molar-refractivity contribution in [3.63, 3.8) is 0 Å². The number of carbonyl (C=O) groups excluding carboxylic acids is 1. The summed E-state index contributed by atoms with van der Waals surface area (Å²) in [5, 5.41) is 5.11. The first-order chi connectivity index (χ1) is 16.3. The highest BCUT2D eigenvalue weighted by Crippen LogP contribution is 2.42. The van der Waals surface area contributed by atoms with Crippen molar-refractivity contribution in [2.75, 3.05) is 13.7 Å². The van der Waals surface area contributed by atoms with Crippen molar-refractivity contribution >= 4 is 46.5 Å². The van der Waals surface area contributed by atoms with Crippen LogP contribution in [0.1, 0.15) is 47.6 Å². The third-order valence-corrected chi connectivity index (χ3v) is 7.33. The Morgan fingerprint density at radius 3 is 2.71 bits per heavy atom. The standard InChI is InChI=1S/C25H26Cl2N4O2S/c1-15-14-17(16(2)31(15)20-10-6-8-18(26)22(20)27)24-23(19-9-4-5-12-28-19)29-25(34)30(24)13-7-11-21(32)33-3/h4-6,8-10,12,14,23-24H,7,11,13H2,1-3H3,(H,29,34)/t23-,24+/m1/s1. The molecule has 2 atom stereocenters. The Bertz CT molecular complexity index is 1220. The van der Waals surface area contributed by atoms with Crippen molar-refractivity contribution in [1.29, 1.82) is 0 Å². The van der Waals surface area contributed by atoms with E-state index in [2.05, 4.69) is 32.8 Å². The van der Waals surface area contributed by atoms with E-state index in [1.165, 1.54) is 7.11 Å². The van der Waals surface area contributed by atoms with Crippen LogP contribution in [0.25, 0.3) is 5.69 Å². The number of benzene rings is 1. The van der Waals surface area contributed by atoms with Gasteiger partial charge >= 0.3 is 5.97 Å². The molecule has 1 aromatic carbocycles. The van der Waals surface area contributed by atoms with Gasteiger partial charge < -0.3 is 19.5 Å². The Balaban J connectivity index is 1.78. The lowest BCUT2D eigenvalue weighted by molar-refractivity contribution is -0.140. The number of aryl methyl sites for hydroxylation is 1. The molecule has 1 aliphatic heterocycles. The van der Waals surface area contributed by atoms with Crippen LogP contribution in [0.3, 0.4) is 0 Å². The van der Waals surface area contributed by atoms with Crippen LogP contribution in [0.15, 0.2) is 48.7 Å². The summed E-state index contributed by atoms with van der Waals surface area (Å²) in [4.78, 5) is 18.4. The smallest absolute Gasteiger partial charge is 0.305 e. The van der Waals surface area contributed by atoms with Crippen molar-refractivity contribution in [3.05, 3.63) is 81.4 Å². The minimum atomic E-state index is -0.232. The van der Waals surface area contributed by atoms with Gasteiger partial charge in [-0.25, -0.2) is 0 Å². The zero-order valence-corrected chi connectivity index (χ0v) is 21.5. The lowest BCUT2D eigenvalue weighted by Crippen LogP contribution is -2.31. The van der Waals surface area contributed by atoms with Gasteiger partial charge in [0.05, 0.1) is 40.6 Å². The molecule has 34 heavy (non-hydrogen) atoms. The number of nitrogens with one attached hydrogen (secondary N) is 1. The molecular formula is C25H26Cl2N4O2S. The molecule has 2 aromatic heterocycles. The second-order valence-corrected chi connectivity index (χ2v) is 9.41. The molecule has 0 aliphatic carbocycles. The first kappa shape index (κ1) is 24.5. The third-order valence-electron chi connectivity index (χ3n) is 6.17. The molecule has 1 fully saturated rings. The van der Waals surface area contributed by atoms with Crippen LogP contribution in [0.5, 0.6) is 0 Å². The normalized spacial score (nSPS) is 17.7. The lowest BCUT2D eigenvalue weighted by Gasteiger charge is -2.28. The Hall–Kier alpha value is -2.61. The van der Waals surface area contributed by atoms with Gasteiger partial charge in [-0.3, -0.25) is 9.78 Å². The number of rotatable bonds is 7. The van der Waals surface area contributed by atoms with Crippen molar-refractivity contribution in [2.45, 2.75) is 38.8 Å². The molecule has 9 heteroatoms. The molecule has 1 saturated heterocycles. The molecule has 6 nitrogen and oxygen atoms in total. The molecule has 0 unspecified atom stereocenters. The number of carbonyl (C=O) groups is 1. The molecule has 0 saturated carbocycles. The van der Waals surface area contributed by atoms with E-state index >= 15 is 0 Å². The molecule has 0 amide bonds. The van der Waals surface area contributed by atoms with Gasteiger partial charge in [0.1, 0.15) is 0 Å². The largest absolute Gasteiger partial charge is 0.469 e. The first-order valence-corrected chi connectivity index (χ1v) is 12.2. The summed E-state index contributed by atoms with van der Waals surface area (Å²) in [6.07, 6.45) is 2.73. The maximum absolute atomic E-state index is 11.7. The van der Waals surface area contributed by atoms with Crippen LogP contribution in [0, 0.1) is 13.8 Å². The fraction of sp³-hybridized carbons (Fsp3) is 0.320. The highest BCUT2D eigenvalue weighted by atomic mass is 35.5. The van der Waals surface area contributed by atoms with E-state index in [0.717, 1.165) is 28.3 Å². The predicted molar refractivity (Wildman–Crippen MR) is 139 cm³/mol. The van der Waals surface area contributed by atoms with Gasteiger partial charge in [0.2, 0.25) is 0 Å². The quantitative estimate of drug-likeness (QED) is 0.320. The second kappa shape index (κ2) is 10.3. The molecular weight excluding hydrogens is 491 g/mol. The summed E-state index contributed by atoms with van der Waals surface area (Å²) in [5.41, 5.74) is 4.90. The fourth-order valence-corrected chi connectivity index (χ4v) is 5.32. The number of aromatic nitrogens is 2. The van der Waals surface area contributed by atoms with E-state index < -0.39 is 0 Å². The maximum atomic E-state index is 11.7. The second-order valence-electron chi connectivity index (χ2n) is 8.23. The highest BCUT2D eigenvalue weighted by molar-refractivity contribution is 7.80. The van der Waals surface area contributed by atoms with E-state index in [1.54, 1.807) is 12.3 Å². The van der Waals surface area contributed by atoms with E-state index in [-0.39, 0.29) is 18.1 Å². The van der Waals surface area contributed by atoms with Gasteiger partial charge in [0, 0.05) is 30.6 Å². The Morgan fingerprint density at radius 1 is 1.21 bits per heavy atom. The zero-order chi connectivity index (χ0) is 24.4. The summed E-state index contributed by atoms with van der Waals surface area (Å²) in [5.74, 6) is -0.232. The fourth-order valence-electron chi connectivity index (χ4n) is 4.60. The molecule has 3 aromatic rings. The number of nitrogens with zero attached hydrogens (tertiary/aromatic N) is 3. The number of hydrogen-bond donors (Lipinski definition) is 1. The number of thiocarbonyl (C=S) groups is 1. The summed E-state index contributed by atoms with van der Waals surface area (Å²) in [6.45, 7) is 4.73. The van der Waals surface area contributed by atoms with Gasteiger partial charge in [-0.2, -0.15) is 0 Å². The minimum absolute atomic E-state index is 0.113.